The predicted octanol–water partition coefficient (Wildman–Crippen LogP) is 2.16. The average molecular weight is 306 g/mol. The van der Waals surface area contributed by atoms with Crippen molar-refractivity contribution in [2.45, 2.75) is 50.2 Å². The molecule has 2 amide bonds. The Kier molecular flexibility index (Phi) is 4.00. The summed E-state index contributed by atoms with van der Waals surface area (Å²) in [7, 11) is 0. The van der Waals surface area contributed by atoms with Crippen molar-refractivity contribution < 1.29 is 19.1 Å². The highest BCUT2D eigenvalue weighted by Gasteiger charge is 2.43. The van der Waals surface area contributed by atoms with Gasteiger partial charge in [0.2, 0.25) is 5.91 Å². The Balaban J connectivity index is 1.55. The summed E-state index contributed by atoms with van der Waals surface area (Å²) in [5.41, 5.74) is 0.768. The highest BCUT2D eigenvalue weighted by atomic mass is 19.1. The van der Waals surface area contributed by atoms with Crippen molar-refractivity contribution >= 4 is 12.0 Å². The molecule has 22 heavy (non-hydrogen) atoms. The van der Waals surface area contributed by atoms with Crippen LogP contribution in [0, 0.1) is 5.82 Å². The third-order valence-electron chi connectivity index (χ3n) is 4.60. The summed E-state index contributed by atoms with van der Waals surface area (Å²) in [6.45, 7) is 0. The van der Waals surface area contributed by atoms with E-state index in [4.69, 9.17) is 0 Å². The minimum absolute atomic E-state index is 0.0207. The second-order valence-electron chi connectivity index (χ2n) is 6.11. The fourth-order valence-corrected chi connectivity index (χ4v) is 3.67. The number of rotatable bonds is 3. The Labute approximate surface area is 128 Å². The standard InChI is InChI=1S/C16H19FN2O3/c17-11-3-1-10(2-4-11)7-15(20)18-12-8-13-5-6-14(9-12)19(13)16(21)22/h1-4,12-14H,5-9H2,(H,18,20)(H,21,22)/t12?,13-,14+. The van der Waals surface area contributed by atoms with E-state index in [1.807, 2.05) is 0 Å². The quantitative estimate of drug-likeness (QED) is 0.899. The van der Waals surface area contributed by atoms with Gasteiger partial charge in [0.1, 0.15) is 5.82 Å². The first kappa shape index (κ1) is 14.8. The third kappa shape index (κ3) is 3.05. The molecule has 2 fully saturated rings. The largest absolute Gasteiger partial charge is 0.465 e. The van der Waals surface area contributed by atoms with Crippen LogP contribution in [0.1, 0.15) is 31.2 Å². The summed E-state index contributed by atoms with van der Waals surface area (Å²) >= 11 is 0. The molecule has 1 aromatic carbocycles. The van der Waals surface area contributed by atoms with Crippen LogP contribution in [0.25, 0.3) is 0 Å². The van der Waals surface area contributed by atoms with Gasteiger partial charge in [-0.05, 0) is 43.4 Å². The molecule has 6 heteroatoms. The van der Waals surface area contributed by atoms with E-state index >= 15 is 0 Å². The lowest BCUT2D eigenvalue weighted by Crippen LogP contribution is -2.52. The number of carbonyl (C=O) groups excluding carboxylic acids is 1. The van der Waals surface area contributed by atoms with Gasteiger partial charge in [-0.1, -0.05) is 12.1 Å². The molecule has 2 heterocycles. The molecule has 1 aromatic rings. The zero-order valence-electron chi connectivity index (χ0n) is 12.2. The third-order valence-corrected chi connectivity index (χ3v) is 4.60. The van der Waals surface area contributed by atoms with Gasteiger partial charge in [0.25, 0.3) is 0 Å². The van der Waals surface area contributed by atoms with Crippen LogP contribution in [-0.2, 0) is 11.2 Å². The van der Waals surface area contributed by atoms with E-state index < -0.39 is 6.09 Å². The predicted molar refractivity (Wildman–Crippen MR) is 77.9 cm³/mol. The van der Waals surface area contributed by atoms with E-state index in [1.54, 1.807) is 17.0 Å². The van der Waals surface area contributed by atoms with E-state index in [9.17, 15) is 19.1 Å². The van der Waals surface area contributed by atoms with E-state index in [-0.39, 0.29) is 36.3 Å². The molecule has 2 aliphatic rings. The number of benzene rings is 1. The lowest BCUT2D eigenvalue weighted by Gasteiger charge is -2.37. The molecule has 0 spiro atoms. The molecule has 0 aliphatic carbocycles. The number of nitrogens with zero attached hydrogens (tertiary/aromatic N) is 1. The maximum absolute atomic E-state index is 12.8. The van der Waals surface area contributed by atoms with Gasteiger partial charge in [-0.25, -0.2) is 9.18 Å². The fourth-order valence-electron chi connectivity index (χ4n) is 3.67. The molecule has 2 bridgehead atoms. The van der Waals surface area contributed by atoms with Crippen molar-refractivity contribution in [2.24, 2.45) is 0 Å². The second-order valence-corrected chi connectivity index (χ2v) is 6.11. The average Bonchev–Trinajstić information content (AvgIpc) is 2.74. The van der Waals surface area contributed by atoms with Crippen molar-refractivity contribution in [2.75, 3.05) is 0 Å². The van der Waals surface area contributed by atoms with E-state index in [0.29, 0.717) is 12.8 Å². The Morgan fingerprint density at radius 3 is 2.32 bits per heavy atom. The van der Waals surface area contributed by atoms with E-state index in [0.717, 1.165) is 18.4 Å². The molecule has 5 nitrogen and oxygen atoms in total. The fraction of sp³-hybridized carbons (Fsp3) is 0.500. The Bertz CT molecular complexity index is 561. The van der Waals surface area contributed by atoms with Crippen LogP contribution in [0.2, 0.25) is 0 Å². The van der Waals surface area contributed by atoms with Crippen molar-refractivity contribution in [1.82, 2.24) is 10.2 Å². The number of hydrogen-bond acceptors (Lipinski definition) is 2. The topological polar surface area (TPSA) is 69.6 Å². The Morgan fingerprint density at radius 2 is 1.77 bits per heavy atom. The number of amides is 2. The minimum Gasteiger partial charge on any atom is -0.465 e. The smallest absolute Gasteiger partial charge is 0.407 e. The number of carboxylic acid groups (broad SMARTS) is 1. The zero-order valence-corrected chi connectivity index (χ0v) is 12.2. The first-order valence-electron chi connectivity index (χ1n) is 7.58. The molecule has 2 aliphatic heterocycles. The van der Waals surface area contributed by atoms with Crippen molar-refractivity contribution in [3.05, 3.63) is 35.6 Å². The lowest BCUT2D eigenvalue weighted by atomic mass is 9.97. The van der Waals surface area contributed by atoms with Crippen LogP contribution < -0.4 is 5.32 Å². The Morgan fingerprint density at radius 1 is 1.18 bits per heavy atom. The van der Waals surface area contributed by atoms with E-state index in [2.05, 4.69) is 5.32 Å². The van der Waals surface area contributed by atoms with Crippen LogP contribution in [-0.4, -0.2) is 40.1 Å². The number of nitrogens with one attached hydrogen (secondary N) is 1. The summed E-state index contributed by atoms with van der Waals surface area (Å²) in [5.74, 6) is -0.415. The van der Waals surface area contributed by atoms with Crippen LogP contribution in [0.3, 0.4) is 0 Å². The number of fused-ring (bicyclic) bond motifs is 2. The summed E-state index contributed by atoms with van der Waals surface area (Å²) < 4.78 is 12.8. The molecule has 1 unspecified atom stereocenters. The maximum atomic E-state index is 12.8. The SMILES string of the molecule is O=C(Cc1ccc(F)cc1)NC1C[C@H]2CC[C@@H](C1)N2C(=O)O. The first-order valence-corrected chi connectivity index (χ1v) is 7.58. The molecule has 3 atom stereocenters. The van der Waals surface area contributed by atoms with Crippen LogP contribution in [0.4, 0.5) is 9.18 Å². The van der Waals surface area contributed by atoms with Crippen LogP contribution >= 0.6 is 0 Å². The molecule has 118 valence electrons. The van der Waals surface area contributed by atoms with Crippen LogP contribution in [0.15, 0.2) is 24.3 Å². The number of hydrogen-bond donors (Lipinski definition) is 2. The maximum Gasteiger partial charge on any atom is 0.407 e. The monoisotopic (exact) mass is 306 g/mol. The Hall–Kier alpha value is -2.11. The molecule has 0 saturated carbocycles. The number of piperidine rings is 1. The number of halogens is 1. The molecule has 2 saturated heterocycles. The van der Waals surface area contributed by atoms with Crippen LogP contribution in [0.5, 0.6) is 0 Å². The summed E-state index contributed by atoms with van der Waals surface area (Å²) in [5, 5.41) is 12.2. The first-order chi connectivity index (χ1) is 10.5. The lowest BCUT2D eigenvalue weighted by molar-refractivity contribution is -0.121. The molecular formula is C16H19FN2O3. The van der Waals surface area contributed by atoms with Gasteiger partial charge in [0.15, 0.2) is 0 Å². The summed E-state index contributed by atoms with van der Waals surface area (Å²) in [4.78, 5) is 24.8. The van der Waals surface area contributed by atoms with Crippen molar-refractivity contribution in [3.63, 3.8) is 0 Å². The van der Waals surface area contributed by atoms with E-state index in [1.165, 1.54) is 12.1 Å². The second kappa shape index (κ2) is 5.94. The van der Waals surface area contributed by atoms with Gasteiger partial charge in [-0.3, -0.25) is 4.79 Å². The minimum atomic E-state index is -0.858. The molecule has 3 rings (SSSR count). The van der Waals surface area contributed by atoms with Gasteiger partial charge >= 0.3 is 6.09 Å². The molecule has 0 aromatic heterocycles. The summed E-state index contributed by atoms with van der Waals surface area (Å²) in [6, 6.07) is 5.96. The highest BCUT2D eigenvalue weighted by Crippen LogP contribution is 2.35. The highest BCUT2D eigenvalue weighted by molar-refractivity contribution is 5.79. The van der Waals surface area contributed by atoms with Gasteiger partial charge in [0, 0.05) is 18.1 Å². The molecule has 2 N–H and O–H groups in total. The van der Waals surface area contributed by atoms with Gasteiger partial charge in [-0.2, -0.15) is 0 Å². The van der Waals surface area contributed by atoms with Crippen molar-refractivity contribution in [1.29, 1.82) is 0 Å². The van der Waals surface area contributed by atoms with Crippen molar-refractivity contribution in [3.8, 4) is 0 Å². The van der Waals surface area contributed by atoms with Gasteiger partial charge in [-0.15, -0.1) is 0 Å². The summed E-state index contributed by atoms with van der Waals surface area (Å²) in [6.07, 6.45) is 2.47. The zero-order chi connectivity index (χ0) is 15.7. The number of carbonyl (C=O) groups is 2. The van der Waals surface area contributed by atoms with Gasteiger partial charge in [0.05, 0.1) is 6.42 Å². The molecule has 0 radical (unpaired) electrons. The normalized spacial score (nSPS) is 26.8. The molecular weight excluding hydrogens is 287 g/mol. The van der Waals surface area contributed by atoms with Gasteiger partial charge < -0.3 is 15.3 Å².